The van der Waals surface area contributed by atoms with Crippen LogP contribution in [0.25, 0.3) is 10.6 Å². The standard InChI is InChI=1S/C15H14Cl2N2O3S/c1-15(2,14(22)18-6-12(20)21)11-7-23-13(19-11)9-4-3-8(16)5-10(9)17/h3-5,7H,6H2,1-2H3,(H,18,22)(H,20,21). The first-order valence-corrected chi connectivity index (χ1v) is 8.27. The fourth-order valence-electron chi connectivity index (χ4n) is 1.84. The molecule has 0 bridgehead atoms. The summed E-state index contributed by atoms with van der Waals surface area (Å²) in [6.07, 6.45) is 0. The van der Waals surface area contributed by atoms with Crippen molar-refractivity contribution < 1.29 is 14.7 Å². The Morgan fingerprint density at radius 1 is 1.35 bits per heavy atom. The topological polar surface area (TPSA) is 79.3 Å². The summed E-state index contributed by atoms with van der Waals surface area (Å²) in [5.74, 6) is -1.50. The molecule has 0 atom stereocenters. The molecule has 0 aliphatic heterocycles. The largest absolute Gasteiger partial charge is 0.480 e. The predicted molar refractivity (Wildman–Crippen MR) is 91.2 cm³/mol. The first-order chi connectivity index (χ1) is 10.7. The van der Waals surface area contributed by atoms with Gasteiger partial charge in [0, 0.05) is 16.0 Å². The number of nitrogens with zero attached hydrogens (tertiary/aromatic N) is 1. The lowest BCUT2D eigenvalue weighted by Crippen LogP contribution is -2.42. The van der Waals surface area contributed by atoms with E-state index in [1.807, 2.05) is 0 Å². The van der Waals surface area contributed by atoms with Gasteiger partial charge in [-0.3, -0.25) is 9.59 Å². The van der Waals surface area contributed by atoms with Crippen molar-refractivity contribution in [3.05, 3.63) is 39.3 Å². The Morgan fingerprint density at radius 2 is 2.04 bits per heavy atom. The Bertz CT molecular complexity index is 759. The number of hydrogen-bond acceptors (Lipinski definition) is 4. The van der Waals surface area contributed by atoms with Gasteiger partial charge in [0.15, 0.2) is 0 Å². The molecule has 1 aromatic carbocycles. The normalized spacial score (nSPS) is 11.3. The molecule has 0 saturated heterocycles. The van der Waals surface area contributed by atoms with Crippen LogP contribution in [0.3, 0.4) is 0 Å². The van der Waals surface area contributed by atoms with Gasteiger partial charge in [-0.2, -0.15) is 0 Å². The van der Waals surface area contributed by atoms with Crippen LogP contribution < -0.4 is 5.32 Å². The summed E-state index contributed by atoms with van der Waals surface area (Å²) in [5.41, 5.74) is 0.323. The van der Waals surface area contributed by atoms with E-state index in [2.05, 4.69) is 10.3 Å². The zero-order valence-electron chi connectivity index (χ0n) is 12.4. The van der Waals surface area contributed by atoms with Crippen molar-refractivity contribution >= 4 is 46.4 Å². The van der Waals surface area contributed by atoms with Crippen LogP contribution in [-0.2, 0) is 15.0 Å². The number of amides is 1. The Hall–Kier alpha value is -1.63. The zero-order valence-corrected chi connectivity index (χ0v) is 14.7. The average Bonchev–Trinajstić information content (AvgIpc) is 2.94. The van der Waals surface area contributed by atoms with Gasteiger partial charge in [0.2, 0.25) is 5.91 Å². The smallest absolute Gasteiger partial charge is 0.322 e. The van der Waals surface area contributed by atoms with Crippen LogP contribution in [0.1, 0.15) is 19.5 Å². The van der Waals surface area contributed by atoms with E-state index in [0.29, 0.717) is 20.7 Å². The number of aliphatic carboxylic acids is 1. The van der Waals surface area contributed by atoms with E-state index in [4.69, 9.17) is 28.3 Å². The summed E-state index contributed by atoms with van der Waals surface area (Å²) in [7, 11) is 0. The molecule has 23 heavy (non-hydrogen) atoms. The molecule has 0 unspecified atom stereocenters. The minimum atomic E-state index is -1.10. The first-order valence-electron chi connectivity index (χ1n) is 6.63. The molecule has 0 aliphatic rings. The molecule has 2 rings (SSSR count). The molecule has 2 N–H and O–H groups in total. The van der Waals surface area contributed by atoms with Gasteiger partial charge in [0.1, 0.15) is 11.6 Å². The summed E-state index contributed by atoms with van der Waals surface area (Å²) in [6.45, 7) is 2.95. The third-order valence-electron chi connectivity index (χ3n) is 3.27. The average molecular weight is 373 g/mol. The number of carboxylic acid groups (broad SMARTS) is 1. The second kappa shape index (κ2) is 6.86. The molecule has 1 amide bonds. The van der Waals surface area contributed by atoms with E-state index in [0.717, 1.165) is 5.56 Å². The third-order valence-corrected chi connectivity index (χ3v) is 4.70. The van der Waals surface area contributed by atoms with Gasteiger partial charge in [-0.05, 0) is 32.0 Å². The summed E-state index contributed by atoms with van der Waals surface area (Å²) < 4.78 is 0. The van der Waals surface area contributed by atoms with Crippen LogP contribution in [0.15, 0.2) is 23.6 Å². The molecular weight excluding hydrogens is 359 g/mol. The van der Waals surface area contributed by atoms with Crippen molar-refractivity contribution in [2.24, 2.45) is 0 Å². The first kappa shape index (κ1) is 17.7. The number of carboxylic acids is 1. The summed E-state index contributed by atoms with van der Waals surface area (Å²) in [6, 6.07) is 5.11. The van der Waals surface area contributed by atoms with Crippen LogP contribution in [0.2, 0.25) is 10.0 Å². The fraction of sp³-hybridized carbons (Fsp3) is 0.267. The zero-order chi connectivity index (χ0) is 17.2. The highest BCUT2D eigenvalue weighted by molar-refractivity contribution is 7.13. The van der Waals surface area contributed by atoms with E-state index >= 15 is 0 Å². The summed E-state index contributed by atoms with van der Waals surface area (Å²) in [4.78, 5) is 27.2. The maximum absolute atomic E-state index is 12.2. The summed E-state index contributed by atoms with van der Waals surface area (Å²) >= 11 is 13.4. The Kier molecular flexibility index (Phi) is 5.29. The monoisotopic (exact) mass is 372 g/mol. The van der Waals surface area contributed by atoms with E-state index in [9.17, 15) is 9.59 Å². The molecule has 122 valence electrons. The number of nitrogens with one attached hydrogen (secondary N) is 1. The lowest BCUT2D eigenvalue weighted by Gasteiger charge is -2.20. The second-order valence-corrected chi connectivity index (χ2v) is 7.07. The molecule has 1 aromatic heterocycles. The predicted octanol–water partition coefficient (Wildman–Crippen LogP) is 3.60. The van der Waals surface area contributed by atoms with Gasteiger partial charge in [0.25, 0.3) is 0 Å². The van der Waals surface area contributed by atoms with Gasteiger partial charge in [0.05, 0.1) is 16.1 Å². The number of thiazole rings is 1. The second-order valence-electron chi connectivity index (χ2n) is 5.36. The van der Waals surface area contributed by atoms with Gasteiger partial charge in [-0.25, -0.2) is 4.98 Å². The molecule has 0 saturated carbocycles. The number of hydrogen-bond donors (Lipinski definition) is 2. The quantitative estimate of drug-likeness (QED) is 0.840. The van der Waals surface area contributed by atoms with Crippen LogP contribution in [0.5, 0.6) is 0 Å². The van der Waals surface area contributed by atoms with Crippen molar-refractivity contribution in [2.45, 2.75) is 19.3 Å². The third kappa shape index (κ3) is 4.02. The molecular formula is C15H14Cl2N2O3S. The Morgan fingerprint density at radius 3 is 2.65 bits per heavy atom. The van der Waals surface area contributed by atoms with Crippen molar-refractivity contribution in [2.75, 3.05) is 6.54 Å². The number of rotatable bonds is 5. The highest BCUT2D eigenvalue weighted by Gasteiger charge is 2.32. The van der Waals surface area contributed by atoms with E-state index in [-0.39, 0.29) is 0 Å². The van der Waals surface area contributed by atoms with Crippen LogP contribution in [-0.4, -0.2) is 28.5 Å². The highest BCUT2D eigenvalue weighted by Crippen LogP contribution is 2.35. The molecule has 2 aromatic rings. The maximum atomic E-state index is 12.2. The lowest BCUT2D eigenvalue weighted by molar-refractivity contribution is -0.138. The number of aromatic nitrogens is 1. The maximum Gasteiger partial charge on any atom is 0.322 e. The van der Waals surface area contributed by atoms with Crippen molar-refractivity contribution in [3.8, 4) is 10.6 Å². The van der Waals surface area contributed by atoms with Gasteiger partial charge < -0.3 is 10.4 Å². The Balaban J connectivity index is 2.27. The van der Waals surface area contributed by atoms with E-state index < -0.39 is 23.8 Å². The van der Waals surface area contributed by atoms with Crippen LogP contribution in [0, 0.1) is 0 Å². The van der Waals surface area contributed by atoms with Gasteiger partial charge >= 0.3 is 5.97 Å². The number of halogens is 2. The SMILES string of the molecule is CC(C)(C(=O)NCC(=O)O)c1csc(-c2ccc(Cl)cc2Cl)n1. The number of carbonyl (C=O) groups excluding carboxylic acids is 1. The number of carbonyl (C=O) groups is 2. The van der Waals surface area contributed by atoms with Gasteiger partial charge in [-0.1, -0.05) is 23.2 Å². The van der Waals surface area contributed by atoms with Crippen molar-refractivity contribution in [3.63, 3.8) is 0 Å². The van der Waals surface area contributed by atoms with E-state index in [1.165, 1.54) is 11.3 Å². The Labute approximate surface area is 147 Å². The molecule has 0 fully saturated rings. The summed E-state index contributed by atoms with van der Waals surface area (Å²) in [5, 5.41) is 14.5. The lowest BCUT2D eigenvalue weighted by atomic mass is 9.89. The molecule has 0 spiro atoms. The molecule has 8 heteroatoms. The van der Waals surface area contributed by atoms with Crippen molar-refractivity contribution in [1.82, 2.24) is 10.3 Å². The molecule has 0 aliphatic carbocycles. The minimum Gasteiger partial charge on any atom is -0.480 e. The van der Waals surface area contributed by atoms with Crippen LogP contribution >= 0.6 is 34.5 Å². The fourth-order valence-corrected chi connectivity index (χ4v) is 3.42. The number of benzene rings is 1. The van der Waals surface area contributed by atoms with E-state index in [1.54, 1.807) is 37.4 Å². The molecule has 5 nitrogen and oxygen atoms in total. The highest BCUT2D eigenvalue weighted by atomic mass is 35.5. The van der Waals surface area contributed by atoms with Crippen LogP contribution in [0.4, 0.5) is 0 Å². The van der Waals surface area contributed by atoms with Crippen molar-refractivity contribution in [1.29, 1.82) is 0 Å². The molecule has 0 radical (unpaired) electrons. The minimum absolute atomic E-state index is 0.404. The van der Waals surface area contributed by atoms with Gasteiger partial charge in [-0.15, -0.1) is 11.3 Å². The molecule has 1 heterocycles.